The minimum atomic E-state index is -1.23. The van der Waals surface area contributed by atoms with Crippen molar-refractivity contribution in [3.63, 3.8) is 0 Å². The van der Waals surface area contributed by atoms with E-state index in [1.54, 1.807) is 0 Å². The van der Waals surface area contributed by atoms with Crippen LogP contribution in [0.3, 0.4) is 0 Å². The Balaban J connectivity index is 0. The largest absolute Gasteiger partial charge is 0.464 e. The van der Waals surface area contributed by atoms with Gasteiger partial charge in [0.25, 0.3) is 0 Å². The molecule has 0 rings (SSSR count). The van der Waals surface area contributed by atoms with Crippen molar-refractivity contribution in [2.24, 2.45) is 0 Å². The first-order chi connectivity index (χ1) is 5.45. The summed E-state index contributed by atoms with van der Waals surface area (Å²) in [6.07, 6.45) is -2.46. The van der Waals surface area contributed by atoms with Crippen LogP contribution >= 0.6 is 25.6 Å². The Morgan fingerprint density at radius 2 is 1.23 bits per heavy atom. The average molecular weight is 267 g/mol. The van der Waals surface area contributed by atoms with Crippen molar-refractivity contribution in [2.75, 3.05) is 13.1 Å². The molecule has 0 saturated carbocycles. The molecule has 0 spiro atoms. The summed E-state index contributed by atoms with van der Waals surface area (Å²) >= 11 is 7.10. The van der Waals surface area contributed by atoms with Crippen LogP contribution in [0.4, 0.5) is 9.59 Å². The van der Waals surface area contributed by atoms with Gasteiger partial charge in [0.05, 0.1) is 13.1 Å². The molecule has 6 nitrogen and oxygen atoms in total. The van der Waals surface area contributed by atoms with E-state index in [1.165, 1.54) is 0 Å². The Kier molecular flexibility index (Phi) is 8.43. The molecule has 1 radical (unpaired) electrons. The topological polar surface area (TPSA) is 81.1 Å². The first kappa shape index (κ1) is 15.2. The van der Waals surface area contributed by atoms with Gasteiger partial charge in [0.2, 0.25) is 0 Å². The summed E-state index contributed by atoms with van der Waals surface area (Å²) in [5.74, 6) is 0. The van der Waals surface area contributed by atoms with Crippen LogP contribution in [0.25, 0.3) is 0 Å². The number of carbonyl (C=O) groups is 2. The van der Waals surface area contributed by atoms with Crippen LogP contribution in [0.2, 0.25) is 0 Å². The average Bonchev–Trinajstić information content (AvgIpc) is 1.98. The van der Waals surface area contributed by atoms with Crippen molar-refractivity contribution < 1.29 is 36.9 Å². The van der Waals surface area contributed by atoms with Gasteiger partial charge in [0.1, 0.15) is 0 Å². The van der Waals surface area contributed by atoms with Crippen molar-refractivity contribution in [1.29, 1.82) is 0 Å². The molecule has 0 bridgehead atoms. The second-order valence-corrected chi connectivity index (χ2v) is 2.78. The predicted molar refractivity (Wildman–Crippen MR) is 47.4 cm³/mol. The molecule has 0 aromatic heterocycles. The second-order valence-electron chi connectivity index (χ2n) is 1.81. The van der Waals surface area contributed by atoms with Crippen LogP contribution in [0, 0.1) is 0 Å². The van der Waals surface area contributed by atoms with Crippen LogP contribution in [0.5, 0.6) is 0 Å². The number of amides is 2. The van der Waals surface area contributed by atoms with Crippen LogP contribution in [-0.2, 0) is 17.1 Å². The van der Waals surface area contributed by atoms with E-state index in [-0.39, 0.29) is 30.2 Å². The molecule has 0 aliphatic rings. The summed E-state index contributed by atoms with van der Waals surface area (Å²) in [7, 11) is 0. The van der Waals surface area contributed by atoms with Crippen LogP contribution in [0.1, 0.15) is 0 Å². The summed E-state index contributed by atoms with van der Waals surface area (Å²) in [6.45, 7) is -0.0670. The van der Waals surface area contributed by atoms with Crippen LogP contribution < -0.4 is 0 Å². The van der Waals surface area contributed by atoms with Crippen molar-refractivity contribution in [2.45, 2.75) is 0 Å². The summed E-state index contributed by atoms with van der Waals surface area (Å²) in [4.78, 5) is 20.3. The number of thiol groups is 2. The van der Waals surface area contributed by atoms with E-state index < -0.39 is 12.2 Å². The molecule has 0 unspecified atom stereocenters. The number of carboxylic acid groups (broad SMARTS) is 2. The summed E-state index contributed by atoms with van der Waals surface area (Å²) in [5, 5.41) is 16.6. The minimum absolute atomic E-state index is 0. The predicted octanol–water partition coefficient (Wildman–Crippen LogP) is 0.634. The molecule has 9 heteroatoms. The van der Waals surface area contributed by atoms with Gasteiger partial charge in [-0.05, 0) is 0 Å². The fourth-order valence-electron chi connectivity index (χ4n) is 0.381. The maximum absolute atomic E-state index is 10.1. The number of hydrogen-bond donors (Lipinski definition) is 4. The van der Waals surface area contributed by atoms with E-state index in [4.69, 9.17) is 10.2 Å². The van der Waals surface area contributed by atoms with E-state index in [1.807, 2.05) is 0 Å². The van der Waals surface area contributed by atoms with E-state index in [9.17, 15) is 9.59 Å². The van der Waals surface area contributed by atoms with Gasteiger partial charge in [-0.2, -0.15) is 0 Å². The molecule has 0 saturated heterocycles. The van der Waals surface area contributed by atoms with Crippen LogP contribution in [-0.4, -0.2) is 44.1 Å². The molecule has 0 fully saturated rings. The maximum atomic E-state index is 10.1. The van der Waals surface area contributed by atoms with Gasteiger partial charge < -0.3 is 10.2 Å². The Morgan fingerprint density at radius 3 is 1.38 bits per heavy atom. The van der Waals surface area contributed by atoms with Gasteiger partial charge >= 0.3 is 12.2 Å². The molecule has 0 heterocycles. The third-order valence-electron chi connectivity index (χ3n) is 0.965. The number of hydrogen-bond acceptors (Lipinski definition) is 4. The zero-order chi connectivity index (χ0) is 9.72. The summed E-state index contributed by atoms with van der Waals surface area (Å²) in [5.41, 5.74) is 0. The smallest absolute Gasteiger partial charge is 0.417 e. The SMILES string of the molecule is O=C(O)N(S)CCN(S)C(=O)O.[Mn]. The Bertz CT molecular complexity index is 173. The van der Waals surface area contributed by atoms with E-state index in [0.29, 0.717) is 8.61 Å². The maximum Gasteiger partial charge on any atom is 0.417 e. The molecule has 0 aliphatic carbocycles. The quantitative estimate of drug-likeness (QED) is 0.446. The molecule has 2 amide bonds. The minimum Gasteiger partial charge on any atom is -0.464 e. The summed E-state index contributed by atoms with van der Waals surface area (Å²) < 4.78 is 1.35. The molecule has 0 atom stereocenters. The molecule has 77 valence electrons. The van der Waals surface area contributed by atoms with E-state index in [2.05, 4.69) is 25.6 Å². The van der Waals surface area contributed by atoms with Crippen molar-refractivity contribution in [3.05, 3.63) is 0 Å². The number of rotatable bonds is 3. The van der Waals surface area contributed by atoms with Crippen molar-refractivity contribution in [1.82, 2.24) is 8.61 Å². The van der Waals surface area contributed by atoms with E-state index >= 15 is 0 Å². The van der Waals surface area contributed by atoms with Gasteiger partial charge in [0.15, 0.2) is 0 Å². The molecule has 0 aromatic carbocycles. The zero-order valence-corrected chi connectivity index (χ0v) is 9.26. The normalized spacial score (nSPS) is 8.46. The van der Waals surface area contributed by atoms with Crippen molar-refractivity contribution in [3.8, 4) is 0 Å². The van der Waals surface area contributed by atoms with Crippen LogP contribution in [0.15, 0.2) is 0 Å². The Labute approximate surface area is 96.4 Å². The second kappa shape index (κ2) is 7.19. The monoisotopic (exact) mass is 267 g/mol. The number of nitrogens with zero attached hydrogens (tertiary/aromatic N) is 2. The molecular weight excluding hydrogens is 259 g/mol. The summed E-state index contributed by atoms with van der Waals surface area (Å²) in [6, 6.07) is 0. The third-order valence-corrected chi connectivity index (χ3v) is 1.71. The Morgan fingerprint density at radius 1 is 1.00 bits per heavy atom. The van der Waals surface area contributed by atoms with Gasteiger partial charge in [-0.15, -0.1) is 0 Å². The zero-order valence-electron chi connectivity index (χ0n) is 6.29. The first-order valence-electron chi connectivity index (χ1n) is 2.84. The van der Waals surface area contributed by atoms with Gasteiger partial charge in [-0.25, -0.2) is 9.59 Å². The van der Waals surface area contributed by atoms with Crippen molar-refractivity contribution >= 4 is 37.8 Å². The fourth-order valence-corrected chi connectivity index (χ4v) is 0.560. The molecule has 2 N–H and O–H groups in total. The van der Waals surface area contributed by atoms with Gasteiger partial charge in [-0.1, -0.05) is 25.6 Å². The molecule has 13 heavy (non-hydrogen) atoms. The Hall–Kier alpha value is -0.241. The van der Waals surface area contributed by atoms with Gasteiger partial charge in [0, 0.05) is 17.1 Å². The standard InChI is InChI=1S/C4H8N2O4S2.Mn/c7-3(8)5(11)1-2-6(12)4(9)10;/h11-12H,1-2H2,(H,7,8)(H,9,10);. The molecule has 0 aliphatic heterocycles. The first-order valence-corrected chi connectivity index (χ1v) is 3.64. The third kappa shape index (κ3) is 6.88. The fraction of sp³-hybridized carbons (Fsp3) is 0.500. The van der Waals surface area contributed by atoms with E-state index in [0.717, 1.165) is 0 Å². The molecular formula is C4H8MnN2O4S2. The molecule has 0 aromatic rings. The van der Waals surface area contributed by atoms with Gasteiger partial charge in [-0.3, -0.25) is 8.61 Å².